The van der Waals surface area contributed by atoms with Gasteiger partial charge in [0.15, 0.2) is 5.76 Å². The Morgan fingerprint density at radius 2 is 2.17 bits per heavy atom. The number of nitrogens with zero attached hydrogens (tertiary/aromatic N) is 2. The molecule has 0 aliphatic carbocycles. The third kappa shape index (κ3) is 4.88. The number of ether oxygens (including phenoxy) is 1. The Hall–Kier alpha value is -1.20. The summed E-state index contributed by atoms with van der Waals surface area (Å²) in [6.07, 6.45) is 8.37. The number of methoxy groups -OCH3 is 1. The summed E-state index contributed by atoms with van der Waals surface area (Å²) in [6, 6.07) is 0. The van der Waals surface area contributed by atoms with E-state index in [2.05, 4.69) is 41.9 Å². The van der Waals surface area contributed by atoms with Crippen LogP contribution in [0.2, 0.25) is 0 Å². The summed E-state index contributed by atoms with van der Waals surface area (Å²) in [5, 5.41) is 1.81. The molecule has 0 radical (unpaired) electrons. The molecule has 0 aromatic carbocycles. The second kappa shape index (κ2) is 9.18. The summed E-state index contributed by atoms with van der Waals surface area (Å²) in [6.45, 7) is 9.76. The van der Waals surface area contributed by atoms with Crippen molar-refractivity contribution in [1.29, 1.82) is 0 Å². The fourth-order valence-corrected chi connectivity index (χ4v) is 3.96. The third-order valence-corrected chi connectivity index (χ3v) is 5.50. The minimum atomic E-state index is -0.0343. The molecule has 1 atom stereocenters. The summed E-state index contributed by atoms with van der Waals surface area (Å²) < 4.78 is 5.12. The first kappa shape index (κ1) is 18.1. The maximum absolute atomic E-state index is 12.2. The average molecular weight is 337 g/mol. The van der Waals surface area contributed by atoms with E-state index >= 15 is 0 Å². The zero-order valence-corrected chi connectivity index (χ0v) is 15.3. The third-order valence-electron chi connectivity index (χ3n) is 4.44. The lowest BCUT2D eigenvalue weighted by Gasteiger charge is -2.30. The van der Waals surface area contributed by atoms with Crippen LogP contribution >= 0.6 is 11.8 Å². The summed E-state index contributed by atoms with van der Waals surface area (Å²) in [7, 11) is 1.56. The Bertz CT molecular complexity index is 495. The zero-order chi connectivity index (χ0) is 16.7. The van der Waals surface area contributed by atoms with Crippen molar-refractivity contribution in [2.75, 3.05) is 39.8 Å². The van der Waals surface area contributed by atoms with E-state index in [9.17, 15) is 4.79 Å². The molecule has 0 N–H and O–H groups in total. The molecule has 0 saturated carbocycles. The summed E-state index contributed by atoms with van der Waals surface area (Å²) in [4.78, 5) is 17.1. The normalized spacial score (nSPS) is 21.0. The fourth-order valence-electron chi connectivity index (χ4n) is 2.95. The highest BCUT2D eigenvalue weighted by Gasteiger charge is 2.30. The monoisotopic (exact) mass is 336 g/mol. The molecule has 0 fully saturated rings. The molecule has 2 heterocycles. The predicted octanol–water partition coefficient (Wildman–Crippen LogP) is 3.04. The van der Waals surface area contributed by atoms with Crippen molar-refractivity contribution in [3.05, 3.63) is 35.1 Å². The quantitative estimate of drug-likeness (QED) is 0.646. The van der Waals surface area contributed by atoms with E-state index in [1.54, 1.807) is 18.9 Å². The largest absolute Gasteiger partial charge is 0.492 e. The van der Waals surface area contributed by atoms with Crippen LogP contribution in [-0.2, 0) is 9.53 Å². The number of carbonyl (C=O) groups is 1. The van der Waals surface area contributed by atoms with Gasteiger partial charge in [0, 0.05) is 30.6 Å². The summed E-state index contributed by atoms with van der Waals surface area (Å²) >= 11 is 1.58. The van der Waals surface area contributed by atoms with E-state index in [-0.39, 0.29) is 11.0 Å². The molecule has 0 amide bonds. The number of allylic oxidation sites excluding steroid dienone is 4. The van der Waals surface area contributed by atoms with Gasteiger partial charge >= 0.3 is 0 Å². The lowest BCUT2D eigenvalue weighted by atomic mass is 10.1. The van der Waals surface area contributed by atoms with Crippen LogP contribution in [0, 0.1) is 0 Å². The second-order valence-corrected chi connectivity index (χ2v) is 6.87. The maximum Gasteiger partial charge on any atom is 0.211 e. The zero-order valence-electron chi connectivity index (χ0n) is 14.5. The molecule has 0 aromatic rings. The SMILES string of the molecule is CCN(CC)CCCN1CC=CC=C1CC1SC=C(OC)C1=O. The van der Waals surface area contributed by atoms with E-state index in [4.69, 9.17) is 4.74 Å². The molecular formula is C18H28N2O2S. The molecule has 0 bridgehead atoms. The summed E-state index contributed by atoms with van der Waals surface area (Å²) in [5.74, 6) is 0.621. The molecule has 5 heteroatoms. The molecule has 128 valence electrons. The van der Waals surface area contributed by atoms with Crippen molar-refractivity contribution < 1.29 is 9.53 Å². The number of ketones is 1. The Balaban J connectivity index is 1.85. The molecule has 2 aliphatic heterocycles. The standard InChI is InChI=1S/C18H28N2O2S/c1-4-19(5-2)10-8-12-20-11-7-6-9-15(20)13-17-18(21)16(22-3)14-23-17/h6-7,9,14,17H,4-5,8,10-13H2,1-3H3. The van der Waals surface area contributed by atoms with Gasteiger partial charge in [-0.25, -0.2) is 0 Å². The number of hydrogen-bond acceptors (Lipinski definition) is 5. The van der Waals surface area contributed by atoms with Crippen LogP contribution in [-0.4, -0.2) is 60.7 Å². The van der Waals surface area contributed by atoms with E-state index in [0.717, 1.165) is 45.6 Å². The van der Waals surface area contributed by atoms with Gasteiger partial charge in [0.05, 0.1) is 12.4 Å². The highest BCUT2D eigenvalue weighted by molar-refractivity contribution is 8.04. The number of carbonyl (C=O) groups excluding carboxylic acids is 1. The van der Waals surface area contributed by atoms with E-state index in [0.29, 0.717) is 5.76 Å². The van der Waals surface area contributed by atoms with Crippen LogP contribution < -0.4 is 0 Å². The van der Waals surface area contributed by atoms with Crippen LogP contribution in [0.3, 0.4) is 0 Å². The molecule has 0 aromatic heterocycles. The van der Waals surface area contributed by atoms with Gasteiger partial charge in [0.25, 0.3) is 0 Å². The van der Waals surface area contributed by atoms with E-state index in [1.807, 2.05) is 5.41 Å². The minimum Gasteiger partial charge on any atom is -0.492 e. The van der Waals surface area contributed by atoms with Crippen molar-refractivity contribution in [1.82, 2.24) is 9.80 Å². The van der Waals surface area contributed by atoms with Crippen LogP contribution in [0.5, 0.6) is 0 Å². The highest BCUT2D eigenvalue weighted by Crippen LogP contribution is 2.32. The molecule has 0 saturated heterocycles. The van der Waals surface area contributed by atoms with Crippen LogP contribution in [0.1, 0.15) is 26.7 Å². The lowest BCUT2D eigenvalue weighted by Crippen LogP contribution is -2.32. The Labute approximate surface area is 144 Å². The molecule has 2 aliphatic rings. The average Bonchev–Trinajstić information content (AvgIpc) is 2.93. The van der Waals surface area contributed by atoms with Gasteiger partial charge in [-0.2, -0.15) is 0 Å². The number of hydrogen-bond donors (Lipinski definition) is 0. The minimum absolute atomic E-state index is 0.0343. The van der Waals surface area contributed by atoms with Gasteiger partial charge in [-0.1, -0.05) is 26.0 Å². The molecule has 4 nitrogen and oxygen atoms in total. The first-order chi connectivity index (χ1) is 11.2. The van der Waals surface area contributed by atoms with Gasteiger partial charge in [0.1, 0.15) is 0 Å². The maximum atomic E-state index is 12.2. The first-order valence-electron chi connectivity index (χ1n) is 8.46. The molecule has 2 rings (SSSR count). The van der Waals surface area contributed by atoms with Crippen molar-refractivity contribution in [3.63, 3.8) is 0 Å². The van der Waals surface area contributed by atoms with Gasteiger partial charge in [-0.05, 0) is 32.1 Å². The van der Waals surface area contributed by atoms with Crippen molar-refractivity contribution >= 4 is 17.5 Å². The van der Waals surface area contributed by atoms with E-state index < -0.39 is 0 Å². The number of Topliss-reactive ketones (excluding diaryl/α,β-unsaturated/α-hetero) is 1. The predicted molar refractivity (Wildman–Crippen MR) is 97.3 cm³/mol. The number of thioether (sulfide) groups is 1. The van der Waals surface area contributed by atoms with Crippen molar-refractivity contribution in [2.24, 2.45) is 0 Å². The smallest absolute Gasteiger partial charge is 0.211 e. The lowest BCUT2D eigenvalue weighted by molar-refractivity contribution is -0.117. The Morgan fingerprint density at radius 3 is 2.83 bits per heavy atom. The van der Waals surface area contributed by atoms with Crippen LogP contribution in [0.25, 0.3) is 0 Å². The summed E-state index contributed by atoms with van der Waals surface area (Å²) in [5.41, 5.74) is 1.27. The Kier molecular flexibility index (Phi) is 7.24. The fraction of sp³-hybridized carbons (Fsp3) is 0.611. The molecule has 1 unspecified atom stereocenters. The van der Waals surface area contributed by atoms with Gasteiger partial charge < -0.3 is 14.5 Å². The van der Waals surface area contributed by atoms with Gasteiger partial charge in [-0.15, -0.1) is 11.8 Å². The first-order valence-corrected chi connectivity index (χ1v) is 9.40. The van der Waals surface area contributed by atoms with Gasteiger partial charge in [0.2, 0.25) is 5.78 Å². The second-order valence-electron chi connectivity index (χ2n) is 5.79. The topological polar surface area (TPSA) is 32.8 Å². The molecular weight excluding hydrogens is 308 g/mol. The van der Waals surface area contributed by atoms with Crippen molar-refractivity contribution in [3.8, 4) is 0 Å². The van der Waals surface area contributed by atoms with E-state index in [1.165, 1.54) is 5.70 Å². The van der Waals surface area contributed by atoms with Crippen LogP contribution in [0.4, 0.5) is 0 Å². The highest BCUT2D eigenvalue weighted by atomic mass is 32.2. The Morgan fingerprint density at radius 1 is 1.39 bits per heavy atom. The molecule has 0 spiro atoms. The van der Waals surface area contributed by atoms with Crippen LogP contribution in [0.15, 0.2) is 35.1 Å². The van der Waals surface area contributed by atoms with Gasteiger partial charge in [-0.3, -0.25) is 4.79 Å². The molecule has 23 heavy (non-hydrogen) atoms. The van der Waals surface area contributed by atoms with Crippen molar-refractivity contribution in [2.45, 2.75) is 31.9 Å². The number of rotatable bonds is 9.